The molecule has 2 rings (SSSR count). The van der Waals surface area contributed by atoms with Crippen LogP contribution < -0.4 is 5.32 Å². The van der Waals surface area contributed by atoms with E-state index >= 15 is 0 Å². The Morgan fingerprint density at radius 1 is 1.32 bits per heavy atom. The van der Waals surface area contributed by atoms with Crippen LogP contribution in [-0.4, -0.2) is 25.8 Å². The van der Waals surface area contributed by atoms with Gasteiger partial charge in [-0.05, 0) is 18.6 Å². The van der Waals surface area contributed by atoms with Gasteiger partial charge in [-0.25, -0.2) is 17.2 Å². The van der Waals surface area contributed by atoms with Crippen molar-refractivity contribution in [2.75, 3.05) is 16.8 Å². The van der Waals surface area contributed by atoms with Gasteiger partial charge in [-0.15, -0.1) is 0 Å². The summed E-state index contributed by atoms with van der Waals surface area (Å²) in [5.41, 5.74) is -0.558. The number of nitrogens with one attached hydrogen (secondary N) is 1. The third-order valence-electron chi connectivity index (χ3n) is 2.86. The molecular formula is C11H10BrF2NO3S. The molecule has 0 bridgehead atoms. The van der Waals surface area contributed by atoms with E-state index in [0.717, 1.165) is 12.1 Å². The van der Waals surface area contributed by atoms with Crippen molar-refractivity contribution in [1.29, 1.82) is 0 Å². The number of amides is 1. The Hall–Kier alpha value is -1.02. The molecule has 0 spiro atoms. The predicted molar refractivity (Wildman–Crippen MR) is 69.4 cm³/mol. The Kier molecular flexibility index (Phi) is 3.91. The van der Waals surface area contributed by atoms with E-state index in [1.165, 1.54) is 0 Å². The monoisotopic (exact) mass is 353 g/mol. The molecule has 1 unspecified atom stereocenters. The number of anilines is 1. The molecule has 1 saturated heterocycles. The molecule has 0 radical (unpaired) electrons. The number of halogens is 3. The number of hydrogen-bond acceptors (Lipinski definition) is 3. The van der Waals surface area contributed by atoms with Gasteiger partial charge in [0.15, 0.2) is 21.5 Å². The maximum atomic E-state index is 13.5. The zero-order chi connectivity index (χ0) is 14.2. The Labute approximate surface area is 117 Å². The highest BCUT2D eigenvalue weighted by Gasteiger charge is 2.33. The molecule has 8 heteroatoms. The lowest BCUT2D eigenvalue weighted by Gasteiger charge is -2.11. The largest absolute Gasteiger partial charge is 0.321 e. The molecule has 1 aromatic carbocycles. The number of sulfone groups is 1. The molecule has 1 aromatic rings. The predicted octanol–water partition coefficient (Wildman–Crippen LogP) is 2.10. The van der Waals surface area contributed by atoms with Crippen LogP contribution in [-0.2, 0) is 14.6 Å². The van der Waals surface area contributed by atoms with Crippen LogP contribution in [0, 0.1) is 17.6 Å². The first-order chi connectivity index (χ1) is 8.78. The van der Waals surface area contributed by atoms with Crippen LogP contribution in [0.15, 0.2) is 16.6 Å². The zero-order valence-corrected chi connectivity index (χ0v) is 12.0. The molecule has 1 atom stereocenters. The van der Waals surface area contributed by atoms with Crippen molar-refractivity contribution >= 4 is 37.4 Å². The van der Waals surface area contributed by atoms with E-state index in [4.69, 9.17) is 0 Å². The van der Waals surface area contributed by atoms with Gasteiger partial charge < -0.3 is 5.32 Å². The maximum absolute atomic E-state index is 13.5. The highest BCUT2D eigenvalue weighted by molar-refractivity contribution is 9.10. The van der Waals surface area contributed by atoms with Crippen LogP contribution in [0.2, 0.25) is 0 Å². The molecule has 19 heavy (non-hydrogen) atoms. The van der Waals surface area contributed by atoms with Crippen LogP contribution in [0.3, 0.4) is 0 Å². The van der Waals surface area contributed by atoms with Gasteiger partial charge in [0.1, 0.15) is 5.69 Å². The molecule has 1 aliphatic rings. The summed E-state index contributed by atoms with van der Waals surface area (Å²) in [4.78, 5) is 11.8. The molecule has 104 valence electrons. The smallest absolute Gasteiger partial charge is 0.228 e. The Morgan fingerprint density at radius 3 is 2.37 bits per heavy atom. The van der Waals surface area contributed by atoms with Crippen LogP contribution in [0.1, 0.15) is 6.42 Å². The second-order valence-corrected chi connectivity index (χ2v) is 7.48. The summed E-state index contributed by atoms with van der Waals surface area (Å²) in [5.74, 6) is -3.62. The highest BCUT2D eigenvalue weighted by Crippen LogP contribution is 2.26. The van der Waals surface area contributed by atoms with Crippen molar-refractivity contribution in [3.8, 4) is 0 Å². The van der Waals surface area contributed by atoms with Gasteiger partial charge >= 0.3 is 0 Å². The lowest BCUT2D eigenvalue weighted by Crippen LogP contribution is -2.24. The van der Waals surface area contributed by atoms with Crippen LogP contribution >= 0.6 is 15.9 Å². The van der Waals surface area contributed by atoms with Crippen LogP contribution in [0.5, 0.6) is 0 Å². The first-order valence-electron chi connectivity index (χ1n) is 5.44. The molecular weight excluding hydrogens is 344 g/mol. The van der Waals surface area contributed by atoms with E-state index in [2.05, 4.69) is 21.2 Å². The number of carbonyl (C=O) groups excluding carboxylic acids is 1. The summed E-state index contributed by atoms with van der Waals surface area (Å²) in [6.45, 7) is 0. The van der Waals surface area contributed by atoms with E-state index in [-0.39, 0.29) is 22.4 Å². The SMILES string of the molecule is O=C(Nc1c(F)cc(Br)cc1F)C1CCS(=O)(=O)C1. The molecule has 1 N–H and O–H groups in total. The standard InChI is InChI=1S/C11H10BrF2NO3S/c12-7-3-8(13)10(9(14)4-7)15-11(16)6-1-2-19(17,18)5-6/h3-4,6H,1-2,5H2,(H,15,16). The van der Waals surface area contributed by atoms with Crippen LogP contribution in [0.4, 0.5) is 14.5 Å². The summed E-state index contributed by atoms with van der Waals surface area (Å²) >= 11 is 2.92. The minimum absolute atomic E-state index is 0.0730. The number of carbonyl (C=O) groups is 1. The molecule has 1 fully saturated rings. The van der Waals surface area contributed by atoms with Crippen molar-refractivity contribution in [3.05, 3.63) is 28.2 Å². The maximum Gasteiger partial charge on any atom is 0.228 e. The van der Waals surface area contributed by atoms with E-state index < -0.39 is 39.0 Å². The number of rotatable bonds is 2. The van der Waals surface area contributed by atoms with Gasteiger partial charge in [-0.3, -0.25) is 4.79 Å². The van der Waals surface area contributed by atoms with Gasteiger partial charge in [0.05, 0.1) is 17.4 Å². The lowest BCUT2D eigenvalue weighted by atomic mass is 10.1. The van der Waals surface area contributed by atoms with Crippen molar-refractivity contribution < 1.29 is 22.0 Å². The first-order valence-corrected chi connectivity index (χ1v) is 8.06. The summed E-state index contributed by atoms with van der Waals surface area (Å²) in [6, 6.07) is 2.04. The number of hydrogen-bond donors (Lipinski definition) is 1. The second-order valence-electron chi connectivity index (χ2n) is 4.33. The van der Waals surface area contributed by atoms with Gasteiger partial charge in [0, 0.05) is 4.47 Å². The fraction of sp³-hybridized carbons (Fsp3) is 0.364. The summed E-state index contributed by atoms with van der Waals surface area (Å²) in [7, 11) is -3.22. The van der Waals surface area contributed by atoms with Crippen LogP contribution in [0.25, 0.3) is 0 Å². The van der Waals surface area contributed by atoms with Crippen molar-refractivity contribution in [1.82, 2.24) is 0 Å². The third kappa shape index (κ3) is 3.30. The fourth-order valence-electron chi connectivity index (χ4n) is 1.89. The van der Waals surface area contributed by atoms with Crippen molar-refractivity contribution in [2.45, 2.75) is 6.42 Å². The quantitative estimate of drug-likeness (QED) is 0.885. The van der Waals surface area contributed by atoms with Gasteiger partial charge in [-0.1, -0.05) is 15.9 Å². The highest BCUT2D eigenvalue weighted by atomic mass is 79.9. The first kappa shape index (κ1) is 14.4. The van der Waals surface area contributed by atoms with E-state index in [1.807, 2.05) is 0 Å². The molecule has 1 amide bonds. The van der Waals surface area contributed by atoms with Crippen molar-refractivity contribution in [2.24, 2.45) is 5.92 Å². The third-order valence-corrected chi connectivity index (χ3v) is 5.08. The molecule has 1 aliphatic heterocycles. The Bertz CT molecular complexity index is 610. The topological polar surface area (TPSA) is 63.2 Å². The van der Waals surface area contributed by atoms with E-state index in [1.54, 1.807) is 0 Å². The average Bonchev–Trinajstić information content (AvgIpc) is 2.64. The van der Waals surface area contributed by atoms with Gasteiger partial charge in [0.25, 0.3) is 0 Å². The Balaban J connectivity index is 2.16. The minimum atomic E-state index is -3.22. The summed E-state index contributed by atoms with van der Waals surface area (Å²) in [6.07, 6.45) is 0.175. The summed E-state index contributed by atoms with van der Waals surface area (Å²) < 4.78 is 49.7. The molecule has 0 saturated carbocycles. The van der Waals surface area contributed by atoms with E-state index in [9.17, 15) is 22.0 Å². The normalized spacial score (nSPS) is 21.3. The fourth-order valence-corrected chi connectivity index (χ4v) is 4.03. The van der Waals surface area contributed by atoms with Crippen molar-refractivity contribution in [3.63, 3.8) is 0 Å². The number of benzene rings is 1. The van der Waals surface area contributed by atoms with E-state index in [0.29, 0.717) is 0 Å². The minimum Gasteiger partial charge on any atom is -0.321 e. The molecule has 1 heterocycles. The van der Waals surface area contributed by atoms with Gasteiger partial charge in [0.2, 0.25) is 5.91 Å². The Morgan fingerprint density at radius 2 is 1.89 bits per heavy atom. The molecule has 0 aliphatic carbocycles. The second kappa shape index (κ2) is 5.16. The van der Waals surface area contributed by atoms with Gasteiger partial charge in [-0.2, -0.15) is 0 Å². The zero-order valence-electron chi connectivity index (χ0n) is 9.62. The average molecular weight is 354 g/mol. The lowest BCUT2D eigenvalue weighted by molar-refractivity contribution is -0.119. The molecule has 4 nitrogen and oxygen atoms in total. The molecule has 0 aromatic heterocycles. The summed E-state index contributed by atoms with van der Waals surface area (Å²) in [5, 5.41) is 2.11.